The summed E-state index contributed by atoms with van der Waals surface area (Å²) in [6, 6.07) is 25.3. The smallest absolute Gasteiger partial charge is 0.410 e. The van der Waals surface area contributed by atoms with Crippen molar-refractivity contribution in [2.75, 3.05) is 67.5 Å². The molecule has 2 aliphatic carbocycles. The standard InChI is InChI=1S/C36H42FN7O.C35H45ClN6O3/c1-23(2)43-22-39-31-21-30(41-34(33(31)43)40-29-9-5-4-8-28(29)37)24-10-11-27-32(18-24)44(35(45)36(27)12-14-38-15-13-36)26-19-25(20-26)42-16-6-3-7-17-42;1-22(2)41-21-37-28-20-27(38-31(36)30(28)41)23-9-10-26-29(17-23)42(25-18-24(19-25)39-13-7-6-8-14-39)32(43)35(26)11-15-40(16-12-35)33(44)45-34(3,4)5/h4-5,8-11,18,21-23,25-26,38H,3,6-7,12-17,19-20H2,1-2H3,(H,40,41);9-10,17,20-22,24-25H,6-8,11-16,18-19H2,1-5H3. The number of halogens is 2. The van der Waals surface area contributed by atoms with Crippen LogP contribution in [0.5, 0.6) is 0 Å². The molecule has 474 valence electrons. The fourth-order valence-corrected chi connectivity index (χ4v) is 16.4. The third-order valence-corrected chi connectivity index (χ3v) is 21.4. The van der Waals surface area contributed by atoms with Crippen molar-refractivity contribution in [3.8, 4) is 22.5 Å². The topological polar surface area (TPSA) is 162 Å². The van der Waals surface area contributed by atoms with Crippen molar-refractivity contribution >= 4 is 74.5 Å². The maximum Gasteiger partial charge on any atom is 0.410 e. The Hall–Kier alpha value is -6.99. The average molecular weight is 1240 g/mol. The highest BCUT2D eigenvalue weighted by Gasteiger charge is 2.57. The van der Waals surface area contributed by atoms with E-state index >= 15 is 0 Å². The molecule has 19 heteroatoms. The molecule has 0 bridgehead atoms. The Morgan fingerprint density at radius 1 is 0.633 bits per heavy atom. The molecule has 4 aromatic heterocycles. The molecule has 0 atom stereocenters. The van der Waals surface area contributed by atoms with Gasteiger partial charge in [-0.05, 0) is 212 Å². The monoisotopic (exact) mass is 1240 g/mol. The van der Waals surface area contributed by atoms with Gasteiger partial charge in [0, 0.05) is 71.8 Å². The number of amides is 3. The molecule has 15 rings (SSSR count). The van der Waals surface area contributed by atoms with E-state index in [1.54, 1.807) is 17.0 Å². The lowest BCUT2D eigenvalue weighted by Crippen LogP contribution is -2.58. The molecule has 3 amide bonds. The van der Waals surface area contributed by atoms with E-state index in [1.807, 2.05) is 56.2 Å². The number of para-hydroxylation sites is 1. The van der Waals surface area contributed by atoms with E-state index in [0.29, 0.717) is 54.7 Å². The highest BCUT2D eigenvalue weighted by molar-refractivity contribution is 6.34. The molecule has 7 aromatic rings. The number of carbonyl (C=O) groups is 3. The van der Waals surface area contributed by atoms with Gasteiger partial charge in [-0.1, -0.05) is 60.8 Å². The first-order chi connectivity index (χ1) is 43.4. The lowest BCUT2D eigenvalue weighted by atomic mass is 9.73. The number of ether oxygens (including phenoxy) is 1. The van der Waals surface area contributed by atoms with Gasteiger partial charge in [-0.2, -0.15) is 0 Å². The van der Waals surface area contributed by atoms with Crippen LogP contribution in [0.3, 0.4) is 0 Å². The van der Waals surface area contributed by atoms with Crippen LogP contribution in [0.15, 0.2) is 85.5 Å². The van der Waals surface area contributed by atoms with E-state index < -0.39 is 16.4 Å². The minimum Gasteiger partial charge on any atom is -0.444 e. The Bertz CT molecular complexity index is 3870. The summed E-state index contributed by atoms with van der Waals surface area (Å²) >= 11 is 6.76. The molecule has 4 saturated heterocycles. The predicted octanol–water partition coefficient (Wildman–Crippen LogP) is 13.5. The molecular weight excluding hydrogens is 1150 g/mol. The second kappa shape index (κ2) is 23.9. The summed E-state index contributed by atoms with van der Waals surface area (Å²) in [6.07, 6.45) is 18.0. The van der Waals surface area contributed by atoms with Crippen molar-refractivity contribution in [3.63, 3.8) is 0 Å². The van der Waals surface area contributed by atoms with E-state index in [4.69, 9.17) is 31.3 Å². The number of hydrogen-bond donors (Lipinski definition) is 2. The van der Waals surface area contributed by atoms with Gasteiger partial charge in [-0.3, -0.25) is 9.59 Å². The maximum atomic E-state index is 14.8. The number of anilines is 4. The average Bonchev–Trinajstić information content (AvgIpc) is 1.56. The zero-order valence-corrected chi connectivity index (χ0v) is 54.2. The largest absolute Gasteiger partial charge is 0.444 e. The number of hydrogen-bond acceptors (Lipinski definition) is 12. The molecule has 90 heavy (non-hydrogen) atoms. The number of nitrogens with zero attached hydrogens (tertiary/aromatic N) is 11. The van der Waals surface area contributed by atoms with Crippen LogP contribution in [-0.2, 0) is 25.2 Å². The van der Waals surface area contributed by atoms with Crippen molar-refractivity contribution in [2.45, 2.75) is 191 Å². The first-order valence-electron chi connectivity index (χ1n) is 33.4. The number of carbonyl (C=O) groups excluding carboxylic acids is 3. The third-order valence-electron chi connectivity index (χ3n) is 21.1. The van der Waals surface area contributed by atoms with E-state index in [9.17, 15) is 18.8 Å². The molecule has 2 spiro atoms. The van der Waals surface area contributed by atoms with Gasteiger partial charge in [0.15, 0.2) is 11.0 Å². The number of rotatable bonds is 10. The number of piperidine rings is 4. The van der Waals surface area contributed by atoms with Gasteiger partial charge >= 0.3 is 6.09 Å². The van der Waals surface area contributed by atoms with Gasteiger partial charge in [0.1, 0.15) is 22.5 Å². The summed E-state index contributed by atoms with van der Waals surface area (Å²) in [5, 5.41) is 7.17. The highest BCUT2D eigenvalue weighted by Crippen LogP contribution is 2.54. The number of nitrogens with one attached hydrogen (secondary N) is 2. The van der Waals surface area contributed by atoms with Gasteiger partial charge in [0.2, 0.25) is 11.8 Å². The summed E-state index contributed by atoms with van der Waals surface area (Å²) in [5.41, 5.74) is 9.57. The van der Waals surface area contributed by atoms with Gasteiger partial charge in [0.25, 0.3) is 0 Å². The third kappa shape index (κ3) is 10.8. The maximum absolute atomic E-state index is 14.8. The normalized spacial score (nSPS) is 23.3. The van der Waals surface area contributed by atoms with Crippen molar-refractivity contribution < 1.29 is 23.5 Å². The minimum atomic E-state index is -0.645. The zero-order chi connectivity index (χ0) is 62.4. The van der Waals surface area contributed by atoms with Crippen LogP contribution >= 0.6 is 11.6 Å². The Balaban J connectivity index is 0.000000157. The number of benzene rings is 3. The van der Waals surface area contributed by atoms with Gasteiger partial charge in [-0.15, -0.1) is 0 Å². The Kier molecular flexibility index (Phi) is 16.1. The van der Waals surface area contributed by atoms with Crippen molar-refractivity contribution in [1.29, 1.82) is 0 Å². The van der Waals surface area contributed by atoms with E-state index in [-0.39, 0.29) is 47.9 Å². The molecule has 0 radical (unpaired) electrons. The van der Waals surface area contributed by atoms with Crippen molar-refractivity contribution in [3.05, 3.63) is 108 Å². The number of aromatic nitrogens is 6. The molecule has 2 saturated carbocycles. The summed E-state index contributed by atoms with van der Waals surface area (Å²) in [6.45, 7) is 21.4. The zero-order valence-electron chi connectivity index (χ0n) is 53.4. The second-order valence-electron chi connectivity index (χ2n) is 28.4. The summed E-state index contributed by atoms with van der Waals surface area (Å²) < 4.78 is 24.6. The second-order valence-corrected chi connectivity index (χ2v) is 28.8. The van der Waals surface area contributed by atoms with Crippen molar-refractivity contribution in [2.24, 2.45) is 0 Å². The molecule has 3 aromatic carbocycles. The highest BCUT2D eigenvalue weighted by atomic mass is 35.5. The molecule has 8 aliphatic rings. The SMILES string of the molecule is CC(C)n1cnc2cc(-c3ccc4c(c3)N(C3CC(N5CCCCC5)C3)C(=O)C43CCN(C(=O)OC(C)(C)C)CC3)nc(Cl)c21.CC(C)n1cnc2cc(-c3ccc4c(c3)N(C3CC(N5CCCCC5)C3)C(=O)C43CCNCC3)nc(Nc3ccccc3F)c21. The van der Waals surface area contributed by atoms with Gasteiger partial charge in [-0.25, -0.2) is 29.1 Å². The number of likely N-dealkylation sites (tertiary alicyclic amines) is 3. The number of pyridine rings is 2. The van der Waals surface area contributed by atoms with Crippen LogP contribution in [0, 0.1) is 5.82 Å². The van der Waals surface area contributed by atoms with Gasteiger partial charge in [0.05, 0.1) is 51.6 Å². The first-order valence-corrected chi connectivity index (χ1v) is 33.8. The molecule has 10 heterocycles. The fraction of sp³-hybridized carbons (Fsp3) is 0.535. The lowest BCUT2D eigenvalue weighted by molar-refractivity contribution is -0.126. The molecule has 6 fully saturated rings. The number of fused-ring (bicyclic) bond motifs is 6. The van der Waals surface area contributed by atoms with Crippen molar-refractivity contribution in [1.82, 2.24) is 49.1 Å². The quantitative estimate of drug-likeness (QED) is 0.125. The lowest BCUT2D eigenvalue weighted by Gasteiger charge is -2.48. The first kappa shape index (κ1) is 60.6. The molecular formula is C71H87ClFN13O4. The molecule has 17 nitrogen and oxygen atoms in total. The Morgan fingerprint density at radius 3 is 1.63 bits per heavy atom. The molecule has 0 unspecified atom stereocenters. The Morgan fingerprint density at radius 2 is 1.12 bits per heavy atom. The summed E-state index contributed by atoms with van der Waals surface area (Å²) in [7, 11) is 0. The predicted molar refractivity (Wildman–Crippen MR) is 353 cm³/mol. The van der Waals surface area contributed by atoms with Crippen LogP contribution in [0.25, 0.3) is 44.6 Å². The van der Waals surface area contributed by atoms with Crippen LogP contribution in [0.4, 0.5) is 32.1 Å². The molecule has 6 aliphatic heterocycles. The van der Waals surface area contributed by atoms with E-state index in [0.717, 1.165) is 132 Å². The van der Waals surface area contributed by atoms with Crippen LogP contribution in [0.1, 0.15) is 162 Å². The van der Waals surface area contributed by atoms with E-state index in [2.05, 4.69) is 104 Å². The van der Waals surface area contributed by atoms with Crippen LogP contribution < -0.4 is 20.4 Å². The summed E-state index contributed by atoms with van der Waals surface area (Å²) in [5.74, 6) is 0.679. The summed E-state index contributed by atoms with van der Waals surface area (Å²) in [4.78, 5) is 72.5. The van der Waals surface area contributed by atoms with Crippen LogP contribution in [-0.4, -0.2) is 144 Å². The minimum absolute atomic E-state index is 0.154. The Labute approximate surface area is 533 Å². The number of imidazole rings is 2. The van der Waals surface area contributed by atoms with Gasteiger partial charge < -0.3 is 49.0 Å². The van der Waals surface area contributed by atoms with Crippen LogP contribution in [0.2, 0.25) is 5.15 Å². The fourth-order valence-electron chi connectivity index (χ4n) is 16.1. The van der Waals surface area contributed by atoms with E-state index in [1.165, 1.54) is 57.7 Å². The molecule has 2 N–H and O–H groups in total.